The first-order valence-electron chi connectivity index (χ1n) is 6.91. The molecule has 0 radical (unpaired) electrons. The van der Waals surface area contributed by atoms with E-state index >= 15 is 0 Å². The van der Waals surface area contributed by atoms with Crippen LogP contribution in [0.3, 0.4) is 0 Å². The summed E-state index contributed by atoms with van der Waals surface area (Å²) in [5.41, 5.74) is 1.23. The number of nitrogens with zero attached hydrogens (tertiary/aromatic N) is 2. The van der Waals surface area contributed by atoms with Gasteiger partial charge in [0.1, 0.15) is 4.90 Å². The minimum absolute atomic E-state index is 0.0613. The Morgan fingerprint density at radius 3 is 2.19 bits per heavy atom. The van der Waals surface area contributed by atoms with Crippen LogP contribution in [0.5, 0.6) is 0 Å². The Balaban J connectivity index is 2.49. The van der Waals surface area contributed by atoms with Crippen molar-refractivity contribution < 1.29 is 28.1 Å². The zero-order valence-corrected chi connectivity index (χ0v) is 14.8. The molecule has 1 amide bonds. The molecule has 0 spiro atoms. The number of carboxylic acid groups (broad SMARTS) is 1. The molecule has 27 heavy (non-hydrogen) atoms. The lowest BCUT2D eigenvalue weighted by molar-refractivity contribution is -0.544. The summed E-state index contributed by atoms with van der Waals surface area (Å²) in [6, 6.07) is 7.73. The summed E-state index contributed by atoms with van der Waals surface area (Å²) >= 11 is 5.75. The number of aromatic carboxylic acids is 1. The van der Waals surface area contributed by atoms with Crippen molar-refractivity contribution in [1.82, 2.24) is 5.53 Å². The van der Waals surface area contributed by atoms with Crippen LogP contribution in [0.2, 0.25) is 5.02 Å². The third-order valence-corrected chi connectivity index (χ3v) is 4.63. The number of carbonyl (C=O) groups excluding carboxylic acids is 1. The number of halogens is 1. The predicted octanol–water partition coefficient (Wildman–Crippen LogP) is 1.03. The Bertz CT molecular complexity index is 1020. The molecule has 0 heterocycles. The van der Waals surface area contributed by atoms with Gasteiger partial charge in [-0.25, -0.2) is 28.5 Å². The average Bonchev–Trinajstić information content (AvgIpc) is 2.58. The number of primary sulfonamides is 1. The normalized spacial score (nSPS) is 10.9. The highest BCUT2D eigenvalue weighted by atomic mass is 35.5. The monoisotopic (exact) mass is 414 g/mol. The molecular formula is C14H11ClN4O7S. The predicted molar refractivity (Wildman–Crippen MR) is 93.2 cm³/mol. The summed E-state index contributed by atoms with van der Waals surface area (Å²) in [7, 11) is -4.24. The van der Waals surface area contributed by atoms with Gasteiger partial charge in [0.15, 0.2) is 5.03 Å². The Labute approximate surface area is 157 Å². The van der Waals surface area contributed by atoms with E-state index in [0.29, 0.717) is 5.01 Å². The molecule has 4 N–H and O–H groups in total. The first-order chi connectivity index (χ1) is 12.5. The Kier molecular flexibility index (Phi) is 5.64. The van der Waals surface area contributed by atoms with Crippen LogP contribution in [0.1, 0.15) is 20.7 Å². The molecule has 2 aromatic rings. The number of rotatable bonds is 6. The molecule has 0 atom stereocenters. The second-order valence-electron chi connectivity index (χ2n) is 5.04. The van der Waals surface area contributed by atoms with Crippen LogP contribution in [-0.4, -0.2) is 30.4 Å². The maximum Gasteiger partial charge on any atom is 0.335 e. The molecule has 13 heteroatoms. The number of hydrogen-bond donors (Lipinski definition) is 3. The zero-order chi connectivity index (χ0) is 20.4. The minimum atomic E-state index is -4.24. The number of carbonyl (C=O) groups is 2. The van der Waals surface area contributed by atoms with Gasteiger partial charge < -0.3 is 5.11 Å². The zero-order valence-electron chi connectivity index (χ0n) is 13.2. The summed E-state index contributed by atoms with van der Waals surface area (Å²) in [4.78, 5) is 33.9. The van der Waals surface area contributed by atoms with Crippen molar-refractivity contribution in [3.8, 4) is 0 Å². The van der Waals surface area contributed by atoms with E-state index in [4.69, 9.17) is 21.8 Å². The Morgan fingerprint density at radius 2 is 1.70 bits per heavy atom. The Hall–Kier alpha value is -3.22. The van der Waals surface area contributed by atoms with Crippen molar-refractivity contribution in [2.45, 2.75) is 4.90 Å². The fourth-order valence-electron chi connectivity index (χ4n) is 2.04. The van der Waals surface area contributed by atoms with Crippen LogP contribution in [0.4, 0.5) is 5.69 Å². The number of anilines is 1. The number of benzene rings is 2. The van der Waals surface area contributed by atoms with E-state index in [9.17, 15) is 28.1 Å². The van der Waals surface area contributed by atoms with Crippen molar-refractivity contribution in [1.29, 1.82) is 0 Å². The van der Waals surface area contributed by atoms with Crippen molar-refractivity contribution in [3.63, 3.8) is 0 Å². The number of hydrazine groups is 2. The van der Waals surface area contributed by atoms with Gasteiger partial charge in [0.25, 0.3) is 5.91 Å². The molecule has 11 nitrogen and oxygen atoms in total. The first kappa shape index (κ1) is 20.1. The van der Waals surface area contributed by atoms with Crippen LogP contribution < -0.4 is 15.7 Å². The van der Waals surface area contributed by atoms with Crippen molar-refractivity contribution in [3.05, 3.63) is 68.7 Å². The lowest BCUT2D eigenvalue weighted by Gasteiger charge is -2.19. The van der Waals surface area contributed by atoms with Crippen LogP contribution in [0.25, 0.3) is 0 Å². The van der Waals surface area contributed by atoms with Gasteiger partial charge in [-0.2, -0.15) is 5.01 Å². The molecule has 0 aliphatic carbocycles. The van der Waals surface area contributed by atoms with Gasteiger partial charge in [0.2, 0.25) is 10.0 Å². The van der Waals surface area contributed by atoms with E-state index in [0.717, 1.165) is 42.5 Å². The highest BCUT2D eigenvalue weighted by Gasteiger charge is 2.24. The second kappa shape index (κ2) is 7.57. The molecule has 0 aromatic heterocycles. The molecule has 2 aromatic carbocycles. The molecule has 0 saturated heterocycles. The summed E-state index contributed by atoms with van der Waals surface area (Å²) in [5.74, 6) is -2.23. The van der Waals surface area contributed by atoms with E-state index in [1.807, 2.05) is 0 Å². The van der Waals surface area contributed by atoms with Gasteiger partial charge in [-0.15, -0.1) is 0 Å². The highest BCUT2D eigenvalue weighted by molar-refractivity contribution is 7.89. The quantitative estimate of drug-likeness (QED) is 0.464. The van der Waals surface area contributed by atoms with Crippen molar-refractivity contribution >= 4 is 39.2 Å². The third-order valence-electron chi connectivity index (χ3n) is 3.24. The van der Waals surface area contributed by atoms with Crippen molar-refractivity contribution in [2.24, 2.45) is 5.14 Å². The molecule has 0 bridgehead atoms. The van der Waals surface area contributed by atoms with Gasteiger partial charge in [-0.3, -0.25) is 4.79 Å². The second-order valence-corrected chi connectivity index (χ2v) is 6.98. The smallest absolute Gasteiger partial charge is 0.335 e. The third kappa shape index (κ3) is 4.69. The Morgan fingerprint density at radius 1 is 1.15 bits per heavy atom. The van der Waals surface area contributed by atoms with Crippen LogP contribution in [-0.2, 0) is 10.0 Å². The van der Waals surface area contributed by atoms with E-state index < -0.39 is 31.8 Å². The minimum Gasteiger partial charge on any atom is -0.478 e. The average molecular weight is 415 g/mol. The van der Waals surface area contributed by atoms with Gasteiger partial charge in [0.05, 0.1) is 16.3 Å². The summed E-state index contributed by atoms with van der Waals surface area (Å²) in [5, 5.41) is 24.0. The fourth-order valence-corrected chi connectivity index (χ4v) is 3.11. The first-order valence-corrected chi connectivity index (χ1v) is 8.84. The molecule has 0 fully saturated rings. The fraction of sp³-hybridized carbons (Fsp3) is 0. The molecular weight excluding hydrogens is 404 g/mol. The van der Waals surface area contributed by atoms with Crippen molar-refractivity contribution in [2.75, 3.05) is 5.01 Å². The number of carboxylic acids is 1. The molecule has 2 rings (SSSR count). The van der Waals surface area contributed by atoms with Crippen LogP contribution >= 0.6 is 11.6 Å². The molecule has 0 aliphatic rings. The molecule has 0 saturated carbocycles. The van der Waals surface area contributed by atoms with Crippen LogP contribution in [0.15, 0.2) is 47.4 Å². The lowest BCUT2D eigenvalue weighted by atomic mass is 10.1. The van der Waals surface area contributed by atoms with E-state index in [-0.39, 0.29) is 21.8 Å². The standard InChI is InChI=1S/C14H11ClN4O7S/c15-11-6-3-9(7-12(11)27(16,25)26)13(20)18(17-19(23)24)10-4-1-8(2-5-10)14(21)22/h1-7,17H,(H,21,22)(H2,16,25,26). The topological polar surface area (TPSA) is 173 Å². The van der Waals surface area contributed by atoms with E-state index in [1.165, 1.54) is 0 Å². The highest BCUT2D eigenvalue weighted by Crippen LogP contribution is 2.23. The van der Waals surface area contributed by atoms with Gasteiger partial charge >= 0.3 is 5.97 Å². The largest absolute Gasteiger partial charge is 0.478 e. The molecule has 0 unspecified atom stereocenters. The summed E-state index contributed by atoms with van der Waals surface area (Å²) in [6.45, 7) is 0. The molecule has 142 valence electrons. The maximum absolute atomic E-state index is 12.7. The number of nitrogens with two attached hydrogens (primary N) is 1. The number of nitro groups is 1. The lowest BCUT2D eigenvalue weighted by Crippen LogP contribution is -2.46. The molecule has 0 aliphatic heterocycles. The van der Waals surface area contributed by atoms with Crippen LogP contribution in [0, 0.1) is 10.1 Å². The number of hydrogen-bond acceptors (Lipinski definition) is 6. The summed E-state index contributed by atoms with van der Waals surface area (Å²) in [6.07, 6.45) is 0. The number of amides is 1. The maximum atomic E-state index is 12.7. The van der Waals surface area contributed by atoms with E-state index in [1.54, 1.807) is 5.53 Å². The SMILES string of the molecule is NS(=O)(=O)c1cc(C(=O)N(N[N+](=O)[O-])c2ccc(C(=O)O)cc2)ccc1Cl. The van der Waals surface area contributed by atoms with Gasteiger partial charge in [-0.05, 0) is 48.0 Å². The number of sulfonamides is 1. The summed E-state index contributed by atoms with van der Waals surface area (Å²) < 4.78 is 23.1. The number of nitrogens with one attached hydrogen (secondary N) is 1. The van der Waals surface area contributed by atoms with E-state index in [2.05, 4.69) is 0 Å². The van der Waals surface area contributed by atoms with Gasteiger partial charge in [0, 0.05) is 5.56 Å². The van der Waals surface area contributed by atoms with Gasteiger partial charge in [-0.1, -0.05) is 11.6 Å².